The van der Waals surface area contributed by atoms with E-state index in [2.05, 4.69) is 22.4 Å². The van der Waals surface area contributed by atoms with Crippen molar-refractivity contribution in [3.63, 3.8) is 0 Å². The van der Waals surface area contributed by atoms with Gasteiger partial charge >= 0.3 is 0 Å². The van der Waals surface area contributed by atoms with Crippen molar-refractivity contribution in [3.05, 3.63) is 40.7 Å². The number of carbonyl (C=O) groups is 1. The number of carbonyl (C=O) groups excluding carboxylic acids is 1. The number of aromatic nitrogens is 2. The van der Waals surface area contributed by atoms with Crippen molar-refractivity contribution in [2.75, 3.05) is 5.32 Å². The standard InChI is InChI=1S/C16H20FN3OS/c1-2-3-4-9-15-19-20-16(22-15)18-14(21)11-10-12-7-5-6-8-13(12)17/h5-8H,2-4,9-11H2,1H3,(H,18,20,21). The first-order chi connectivity index (χ1) is 10.7. The van der Waals surface area contributed by atoms with Crippen molar-refractivity contribution >= 4 is 22.4 Å². The molecule has 0 aliphatic heterocycles. The molecule has 1 aromatic heterocycles. The lowest BCUT2D eigenvalue weighted by Gasteiger charge is -2.02. The van der Waals surface area contributed by atoms with Gasteiger partial charge in [0.2, 0.25) is 11.0 Å². The van der Waals surface area contributed by atoms with E-state index in [1.54, 1.807) is 18.2 Å². The Morgan fingerprint density at radius 1 is 1.23 bits per heavy atom. The Morgan fingerprint density at radius 3 is 2.82 bits per heavy atom. The monoisotopic (exact) mass is 321 g/mol. The molecule has 0 atom stereocenters. The summed E-state index contributed by atoms with van der Waals surface area (Å²) in [6, 6.07) is 6.50. The predicted octanol–water partition coefficient (Wildman–Crippen LogP) is 3.98. The zero-order valence-electron chi connectivity index (χ0n) is 12.6. The molecule has 1 N–H and O–H groups in total. The lowest BCUT2D eigenvalue weighted by atomic mass is 10.1. The van der Waals surface area contributed by atoms with Gasteiger partial charge < -0.3 is 5.32 Å². The Hall–Kier alpha value is -1.82. The molecule has 0 radical (unpaired) electrons. The number of nitrogens with one attached hydrogen (secondary N) is 1. The minimum absolute atomic E-state index is 0.167. The molecule has 0 aliphatic rings. The molecule has 0 bridgehead atoms. The Morgan fingerprint density at radius 2 is 2.05 bits per heavy atom. The van der Waals surface area contributed by atoms with Crippen LogP contribution >= 0.6 is 11.3 Å². The molecule has 1 heterocycles. The Kier molecular flexibility index (Phi) is 6.45. The molecule has 0 saturated heterocycles. The minimum atomic E-state index is -0.274. The average molecular weight is 321 g/mol. The molecule has 4 nitrogen and oxygen atoms in total. The van der Waals surface area contributed by atoms with Crippen molar-refractivity contribution < 1.29 is 9.18 Å². The first-order valence-electron chi connectivity index (χ1n) is 7.54. The fraction of sp³-hybridized carbons (Fsp3) is 0.438. The molecule has 1 aromatic carbocycles. The maximum atomic E-state index is 13.5. The van der Waals surface area contributed by atoms with Crippen LogP contribution in [-0.4, -0.2) is 16.1 Å². The van der Waals surface area contributed by atoms with E-state index in [4.69, 9.17) is 0 Å². The maximum absolute atomic E-state index is 13.5. The number of anilines is 1. The van der Waals surface area contributed by atoms with Crippen LogP contribution in [0.25, 0.3) is 0 Å². The van der Waals surface area contributed by atoms with Gasteiger partial charge in [-0.05, 0) is 24.5 Å². The summed E-state index contributed by atoms with van der Waals surface area (Å²) >= 11 is 1.41. The van der Waals surface area contributed by atoms with Gasteiger partial charge in [-0.3, -0.25) is 4.79 Å². The van der Waals surface area contributed by atoms with Gasteiger partial charge in [0.05, 0.1) is 0 Å². The highest BCUT2D eigenvalue weighted by Crippen LogP contribution is 2.18. The normalized spacial score (nSPS) is 10.6. The SMILES string of the molecule is CCCCCc1nnc(NC(=O)CCc2ccccc2F)s1. The smallest absolute Gasteiger partial charge is 0.226 e. The molecule has 0 spiro atoms. The van der Waals surface area contributed by atoms with Crippen LogP contribution in [0.3, 0.4) is 0 Å². The molecule has 0 saturated carbocycles. The van der Waals surface area contributed by atoms with Gasteiger partial charge in [-0.25, -0.2) is 4.39 Å². The van der Waals surface area contributed by atoms with E-state index in [9.17, 15) is 9.18 Å². The molecule has 118 valence electrons. The third-order valence-electron chi connectivity index (χ3n) is 3.29. The summed E-state index contributed by atoms with van der Waals surface area (Å²) in [5.41, 5.74) is 0.551. The highest BCUT2D eigenvalue weighted by molar-refractivity contribution is 7.15. The molecule has 6 heteroatoms. The topological polar surface area (TPSA) is 54.9 Å². The number of rotatable bonds is 8. The third-order valence-corrected chi connectivity index (χ3v) is 4.19. The lowest BCUT2D eigenvalue weighted by Crippen LogP contribution is -2.12. The highest BCUT2D eigenvalue weighted by Gasteiger charge is 2.09. The Bertz CT molecular complexity index is 615. The van der Waals surface area contributed by atoms with Crippen molar-refractivity contribution in [2.45, 2.75) is 45.4 Å². The number of halogens is 1. The van der Waals surface area contributed by atoms with E-state index in [0.29, 0.717) is 17.1 Å². The van der Waals surface area contributed by atoms with Crippen LogP contribution < -0.4 is 5.32 Å². The second kappa shape index (κ2) is 8.58. The van der Waals surface area contributed by atoms with Crippen molar-refractivity contribution in [3.8, 4) is 0 Å². The largest absolute Gasteiger partial charge is 0.301 e. The number of hydrogen-bond acceptors (Lipinski definition) is 4. The predicted molar refractivity (Wildman–Crippen MR) is 86.5 cm³/mol. The quantitative estimate of drug-likeness (QED) is 0.748. The summed E-state index contributed by atoms with van der Waals surface area (Å²) in [6.07, 6.45) is 4.93. The molecule has 0 aliphatic carbocycles. The van der Waals surface area contributed by atoms with Crippen LogP contribution in [-0.2, 0) is 17.6 Å². The summed E-state index contributed by atoms with van der Waals surface area (Å²) in [4.78, 5) is 11.9. The van der Waals surface area contributed by atoms with Crippen molar-refractivity contribution in [1.82, 2.24) is 10.2 Å². The Balaban J connectivity index is 1.78. The summed E-state index contributed by atoms with van der Waals surface area (Å²) in [5, 5.41) is 12.2. The van der Waals surface area contributed by atoms with E-state index in [1.165, 1.54) is 30.2 Å². The van der Waals surface area contributed by atoms with Gasteiger partial charge in [-0.2, -0.15) is 0 Å². The van der Waals surface area contributed by atoms with Crippen LogP contribution in [0.1, 0.15) is 43.2 Å². The maximum Gasteiger partial charge on any atom is 0.226 e. The van der Waals surface area contributed by atoms with Gasteiger partial charge in [0, 0.05) is 12.8 Å². The summed E-state index contributed by atoms with van der Waals surface area (Å²) in [7, 11) is 0. The Labute approximate surface area is 133 Å². The summed E-state index contributed by atoms with van der Waals surface area (Å²) < 4.78 is 13.5. The lowest BCUT2D eigenvalue weighted by molar-refractivity contribution is -0.116. The van der Waals surface area contributed by atoms with Gasteiger partial charge in [0.1, 0.15) is 10.8 Å². The second-order valence-corrected chi connectivity index (χ2v) is 6.16. The fourth-order valence-electron chi connectivity index (χ4n) is 2.06. The van der Waals surface area contributed by atoms with Gasteiger partial charge in [0.25, 0.3) is 0 Å². The number of amides is 1. The van der Waals surface area contributed by atoms with E-state index >= 15 is 0 Å². The molecule has 2 aromatic rings. The van der Waals surface area contributed by atoms with E-state index in [-0.39, 0.29) is 18.1 Å². The van der Waals surface area contributed by atoms with Crippen LogP contribution in [0.4, 0.5) is 9.52 Å². The number of aryl methyl sites for hydroxylation is 2. The summed E-state index contributed by atoms with van der Waals surface area (Å²) in [5.74, 6) is -0.441. The van der Waals surface area contributed by atoms with Gasteiger partial charge in [0.15, 0.2) is 0 Å². The van der Waals surface area contributed by atoms with Gasteiger partial charge in [-0.1, -0.05) is 49.3 Å². The molecule has 2 rings (SSSR count). The fourth-order valence-corrected chi connectivity index (χ4v) is 2.86. The van der Waals surface area contributed by atoms with Crippen LogP contribution in [0, 0.1) is 5.82 Å². The van der Waals surface area contributed by atoms with E-state index in [1.807, 2.05) is 0 Å². The first kappa shape index (κ1) is 16.5. The molecule has 22 heavy (non-hydrogen) atoms. The van der Waals surface area contributed by atoms with E-state index in [0.717, 1.165) is 17.8 Å². The summed E-state index contributed by atoms with van der Waals surface area (Å²) in [6.45, 7) is 2.15. The van der Waals surface area contributed by atoms with Crippen LogP contribution in [0.2, 0.25) is 0 Å². The highest BCUT2D eigenvalue weighted by atomic mass is 32.1. The zero-order chi connectivity index (χ0) is 15.8. The number of hydrogen-bond donors (Lipinski definition) is 1. The first-order valence-corrected chi connectivity index (χ1v) is 8.36. The van der Waals surface area contributed by atoms with Crippen molar-refractivity contribution in [2.24, 2.45) is 0 Å². The second-order valence-electron chi connectivity index (χ2n) is 5.10. The molecular weight excluding hydrogens is 301 g/mol. The molecule has 1 amide bonds. The van der Waals surface area contributed by atoms with Gasteiger partial charge in [-0.15, -0.1) is 10.2 Å². The number of nitrogens with zero attached hydrogens (tertiary/aromatic N) is 2. The van der Waals surface area contributed by atoms with Crippen LogP contribution in [0.5, 0.6) is 0 Å². The number of unbranched alkanes of at least 4 members (excludes halogenated alkanes) is 2. The van der Waals surface area contributed by atoms with Crippen LogP contribution in [0.15, 0.2) is 24.3 Å². The van der Waals surface area contributed by atoms with Crippen molar-refractivity contribution in [1.29, 1.82) is 0 Å². The molecule has 0 fully saturated rings. The number of benzene rings is 1. The minimum Gasteiger partial charge on any atom is -0.301 e. The molecular formula is C16H20FN3OS. The third kappa shape index (κ3) is 5.18. The van der Waals surface area contributed by atoms with E-state index < -0.39 is 0 Å². The zero-order valence-corrected chi connectivity index (χ0v) is 13.5. The molecule has 0 unspecified atom stereocenters. The average Bonchev–Trinajstić information content (AvgIpc) is 2.94.